The van der Waals surface area contributed by atoms with Crippen LogP contribution in [0.25, 0.3) is 10.9 Å². The lowest BCUT2D eigenvalue weighted by Gasteiger charge is -2.26. The van der Waals surface area contributed by atoms with Crippen molar-refractivity contribution in [2.45, 2.75) is 26.3 Å². The number of fused-ring (bicyclic) bond motifs is 2. The molecule has 3 heterocycles. The molecule has 0 saturated heterocycles. The molecule has 1 aliphatic heterocycles. The number of hydrogen-bond donors (Lipinski definition) is 1. The van der Waals surface area contributed by atoms with Gasteiger partial charge >= 0.3 is 0 Å². The minimum absolute atomic E-state index is 0.0802. The molecule has 0 bridgehead atoms. The van der Waals surface area contributed by atoms with Gasteiger partial charge in [0.2, 0.25) is 5.91 Å². The molecule has 1 aromatic carbocycles. The number of rotatable bonds is 3. The number of aromatic amines is 1. The number of carbonyl (C=O) groups excluding carboxylic acids is 2. The molecule has 2 aromatic heterocycles. The summed E-state index contributed by atoms with van der Waals surface area (Å²) < 4.78 is 19.3. The Morgan fingerprint density at radius 1 is 1.36 bits per heavy atom. The van der Waals surface area contributed by atoms with Gasteiger partial charge in [0.15, 0.2) is 5.69 Å². The van der Waals surface area contributed by atoms with Gasteiger partial charge in [-0.3, -0.25) is 9.59 Å². The van der Waals surface area contributed by atoms with Crippen LogP contribution in [0.15, 0.2) is 22.7 Å². The first kappa shape index (κ1) is 18.2. The summed E-state index contributed by atoms with van der Waals surface area (Å²) in [5.41, 5.74) is 2.91. The highest BCUT2D eigenvalue weighted by Crippen LogP contribution is 2.27. The van der Waals surface area contributed by atoms with E-state index in [4.69, 9.17) is 4.52 Å². The van der Waals surface area contributed by atoms with Crippen molar-refractivity contribution in [3.05, 3.63) is 52.3 Å². The second-order valence-corrected chi connectivity index (χ2v) is 7.27. The third-order valence-corrected chi connectivity index (χ3v) is 5.22. The SMILES string of the molecule is Cc1[nH]c2c(F)cccc2c1CC(=O)N1CCc2onc(C(=O)N(C)C)c2C1. The molecule has 1 aliphatic rings. The number of H-pyrrole nitrogens is 1. The van der Waals surface area contributed by atoms with Gasteiger partial charge in [-0.25, -0.2) is 4.39 Å². The van der Waals surface area contributed by atoms with E-state index in [9.17, 15) is 14.0 Å². The van der Waals surface area contributed by atoms with Crippen molar-refractivity contribution in [3.8, 4) is 0 Å². The number of para-hydroxylation sites is 1. The highest BCUT2D eigenvalue weighted by molar-refractivity contribution is 5.94. The number of aryl methyl sites for hydroxylation is 1. The normalized spacial score (nSPS) is 13.6. The highest BCUT2D eigenvalue weighted by Gasteiger charge is 2.30. The number of hydrogen-bond acceptors (Lipinski definition) is 4. The summed E-state index contributed by atoms with van der Waals surface area (Å²) in [4.78, 5) is 31.4. The third kappa shape index (κ3) is 2.94. The number of aromatic nitrogens is 2. The van der Waals surface area contributed by atoms with Gasteiger partial charge in [-0.15, -0.1) is 0 Å². The van der Waals surface area contributed by atoms with E-state index in [1.807, 2.05) is 13.0 Å². The smallest absolute Gasteiger partial charge is 0.275 e. The summed E-state index contributed by atoms with van der Waals surface area (Å²) in [5.74, 6) is -0.0107. The molecule has 146 valence electrons. The van der Waals surface area contributed by atoms with Crippen molar-refractivity contribution >= 4 is 22.7 Å². The van der Waals surface area contributed by atoms with E-state index in [2.05, 4.69) is 10.1 Å². The van der Waals surface area contributed by atoms with Crippen molar-refractivity contribution < 1.29 is 18.5 Å². The van der Waals surface area contributed by atoms with Crippen molar-refractivity contribution in [3.63, 3.8) is 0 Å². The largest absolute Gasteiger partial charge is 0.360 e. The van der Waals surface area contributed by atoms with E-state index in [-0.39, 0.29) is 36.3 Å². The molecule has 0 aliphatic carbocycles. The molecule has 1 N–H and O–H groups in total. The first-order valence-corrected chi connectivity index (χ1v) is 9.09. The molecule has 0 atom stereocenters. The second-order valence-electron chi connectivity index (χ2n) is 7.27. The molecular weight excluding hydrogens is 363 g/mol. The van der Waals surface area contributed by atoms with Crippen LogP contribution >= 0.6 is 0 Å². The van der Waals surface area contributed by atoms with Crippen molar-refractivity contribution in [1.82, 2.24) is 19.9 Å². The first-order chi connectivity index (χ1) is 13.4. The zero-order chi connectivity index (χ0) is 20.0. The van der Waals surface area contributed by atoms with Crippen LogP contribution in [0.4, 0.5) is 4.39 Å². The summed E-state index contributed by atoms with van der Waals surface area (Å²) in [6, 6.07) is 4.85. The van der Waals surface area contributed by atoms with E-state index in [1.54, 1.807) is 25.1 Å². The molecular formula is C20H21FN4O3. The number of halogens is 1. The maximum absolute atomic E-state index is 14.0. The number of amides is 2. The summed E-state index contributed by atoms with van der Waals surface area (Å²) in [7, 11) is 3.29. The van der Waals surface area contributed by atoms with Gasteiger partial charge in [0.25, 0.3) is 5.91 Å². The summed E-state index contributed by atoms with van der Waals surface area (Å²) >= 11 is 0. The van der Waals surface area contributed by atoms with Gasteiger partial charge < -0.3 is 19.3 Å². The second kappa shape index (κ2) is 6.78. The van der Waals surface area contributed by atoms with Gasteiger partial charge in [-0.2, -0.15) is 0 Å². The summed E-state index contributed by atoms with van der Waals surface area (Å²) in [6.07, 6.45) is 0.670. The molecule has 3 aromatic rings. The molecule has 0 radical (unpaired) electrons. The lowest BCUT2D eigenvalue weighted by Crippen LogP contribution is -2.37. The lowest BCUT2D eigenvalue weighted by molar-refractivity contribution is -0.131. The van der Waals surface area contributed by atoms with Crippen molar-refractivity contribution in [2.24, 2.45) is 0 Å². The number of carbonyl (C=O) groups is 2. The van der Waals surface area contributed by atoms with Crippen molar-refractivity contribution in [2.75, 3.05) is 20.6 Å². The minimum atomic E-state index is -0.335. The molecule has 0 fully saturated rings. The van der Waals surface area contributed by atoms with Crippen LogP contribution in [-0.4, -0.2) is 52.4 Å². The third-order valence-electron chi connectivity index (χ3n) is 5.22. The van der Waals surface area contributed by atoms with Crippen LogP contribution in [0.3, 0.4) is 0 Å². The maximum atomic E-state index is 14.0. The summed E-state index contributed by atoms with van der Waals surface area (Å²) in [6.45, 7) is 2.61. The maximum Gasteiger partial charge on any atom is 0.275 e. The molecule has 0 spiro atoms. The van der Waals surface area contributed by atoms with E-state index in [1.165, 1.54) is 11.0 Å². The molecule has 0 saturated carbocycles. The average molecular weight is 384 g/mol. The number of benzene rings is 1. The predicted molar refractivity (Wildman–Crippen MR) is 100 cm³/mol. The van der Waals surface area contributed by atoms with E-state index in [0.29, 0.717) is 29.8 Å². The van der Waals surface area contributed by atoms with Gasteiger partial charge in [-0.05, 0) is 18.6 Å². The van der Waals surface area contributed by atoms with Gasteiger partial charge in [-0.1, -0.05) is 17.3 Å². The van der Waals surface area contributed by atoms with Crippen LogP contribution in [-0.2, 0) is 24.2 Å². The van der Waals surface area contributed by atoms with E-state index in [0.717, 1.165) is 16.6 Å². The minimum Gasteiger partial charge on any atom is -0.360 e. The first-order valence-electron chi connectivity index (χ1n) is 9.09. The Hall–Kier alpha value is -3.16. The molecule has 2 amide bonds. The average Bonchev–Trinajstić information content (AvgIpc) is 3.23. The monoisotopic (exact) mass is 384 g/mol. The van der Waals surface area contributed by atoms with Crippen molar-refractivity contribution in [1.29, 1.82) is 0 Å². The zero-order valence-electron chi connectivity index (χ0n) is 16.0. The van der Waals surface area contributed by atoms with Crippen LogP contribution in [0.5, 0.6) is 0 Å². The molecule has 28 heavy (non-hydrogen) atoms. The fraction of sp³-hybridized carbons (Fsp3) is 0.350. The molecule has 7 nitrogen and oxygen atoms in total. The van der Waals surface area contributed by atoms with Gasteiger partial charge in [0.05, 0.1) is 18.5 Å². The van der Waals surface area contributed by atoms with Gasteiger partial charge in [0, 0.05) is 43.7 Å². The van der Waals surface area contributed by atoms with Crippen LogP contribution in [0.2, 0.25) is 0 Å². The summed E-state index contributed by atoms with van der Waals surface area (Å²) in [5, 5.41) is 4.62. The molecule has 4 rings (SSSR count). The molecule has 8 heteroatoms. The number of nitrogens with one attached hydrogen (secondary N) is 1. The van der Waals surface area contributed by atoms with E-state index >= 15 is 0 Å². The number of nitrogens with zero attached hydrogens (tertiary/aromatic N) is 3. The highest BCUT2D eigenvalue weighted by atomic mass is 19.1. The fourth-order valence-electron chi connectivity index (χ4n) is 3.66. The lowest BCUT2D eigenvalue weighted by atomic mass is 10.0. The Kier molecular flexibility index (Phi) is 4.41. The quantitative estimate of drug-likeness (QED) is 0.752. The van der Waals surface area contributed by atoms with E-state index < -0.39 is 0 Å². The topological polar surface area (TPSA) is 82.4 Å². The Balaban J connectivity index is 1.58. The fourth-order valence-corrected chi connectivity index (χ4v) is 3.66. The van der Waals surface area contributed by atoms with Crippen LogP contribution < -0.4 is 0 Å². The van der Waals surface area contributed by atoms with Gasteiger partial charge in [0.1, 0.15) is 11.6 Å². The Morgan fingerprint density at radius 2 is 2.14 bits per heavy atom. The standard InChI is InChI=1S/C20H21FN4O3/c1-11-13(12-5-4-6-15(21)18(12)22-11)9-17(26)25-8-7-16-14(10-25)19(23-28-16)20(27)24(2)3/h4-6,22H,7-10H2,1-3H3. The zero-order valence-corrected chi connectivity index (χ0v) is 16.0. The molecule has 0 unspecified atom stereocenters. The Labute approximate surface area is 161 Å². The van der Waals surface area contributed by atoms with Crippen LogP contribution in [0.1, 0.15) is 33.1 Å². The Morgan fingerprint density at radius 3 is 2.89 bits per heavy atom. The predicted octanol–water partition coefficient (Wildman–Crippen LogP) is 2.43. The van der Waals surface area contributed by atoms with Crippen LogP contribution in [0, 0.1) is 12.7 Å². The Bertz CT molecular complexity index is 1080.